The number of hydrogen-bond acceptors (Lipinski definition) is 5. The molecule has 8 atom stereocenters. The summed E-state index contributed by atoms with van der Waals surface area (Å²) in [5.74, 6) is -0.146. The Morgan fingerprint density at radius 2 is 1.60 bits per heavy atom. The predicted octanol–water partition coefficient (Wildman–Crippen LogP) is 0.0436. The Balaban J connectivity index is 2.17. The van der Waals surface area contributed by atoms with Crippen LogP contribution in [0.3, 0.4) is 0 Å². The van der Waals surface area contributed by atoms with Gasteiger partial charge in [0, 0.05) is 5.92 Å². The van der Waals surface area contributed by atoms with E-state index in [2.05, 4.69) is 0 Å². The summed E-state index contributed by atoms with van der Waals surface area (Å²) in [5, 5.41) is 41.7. The fourth-order valence-electron chi connectivity index (χ4n) is 5.19. The van der Waals surface area contributed by atoms with E-state index >= 15 is 0 Å². The molecule has 2 saturated carbocycles. The molecule has 116 valence electrons. The third-order valence-electron chi connectivity index (χ3n) is 6.49. The van der Waals surface area contributed by atoms with Crippen molar-refractivity contribution in [2.75, 3.05) is 0 Å². The van der Waals surface area contributed by atoms with Crippen molar-refractivity contribution >= 4 is 0 Å². The molecule has 2 aliphatic carbocycles. The summed E-state index contributed by atoms with van der Waals surface area (Å²) in [5.41, 5.74) is -2.30. The summed E-state index contributed by atoms with van der Waals surface area (Å²) in [4.78, 5) is 0. The maximum absolute atomic E-state index is 10.6. The third-order valence-corrected chi connectivity index (χ3v) is 6.49. The molecule has 2 bridgehead atoms. The van der Waals surface area contributed by atoms with Crippen LogP contribution in [-0.2, 0) is 4.74 Å². The Morgan fingerprint density at radius 3 is 2.20 bits per heavy atom. The van der Waals surface area contributed by atoms with Crippen molar-refractivity contribution < 1.29 is 25.2 Å². The zero-order chi connectivity index (χ0) is 15.1. The maximum atomic E-state index is 10.6. The predicted molar refractivity (Wildman–Crippen MR) is 71.9 cm³/mol. The Labute approximate surface area is 119 Å². The van der Waals surface area contributed by atoms with Gasteiger partial charge in [-0.05, 0) is 32.6 Å². The summed E-state index contributed by atoms with van der Waals surface area (Å²) < 4.78 is 6.35. The molecule has 3 fully saturated rings. The molecule has 4 N–H and O–H groups in total. The minimum absolute atomic E-state index is 0.0114. The molecule has 0 aromatic rings. The number of ether oxygens (including phenoxy) is 1. The Kier molecular flexibility index (Phi) is 2.91. The molecular weight excluding hydrogens is 260 g/mol. The van der Waals surface area contributed by atoms with Crippen LogP contribution in [0.5, 0.6) is 0 Å². The van der Waals surface area contributed by atoms with E-state index in [0.29, 0.717) is 12.8 Å². The lowest BCUT2D eigenvalue weighted by atomic mass is 9.49. The molecule has 1 aliphatic heterocycles. The van der Waals surface area contributed by atoms with Gasteiger partial charge in [-0.3, -0.25) is 0 Å². The van der Waals surface area contributed by atoms with Crippen LogP contribution in [0.25, 0.3) is 0 Å². The van der Waals surface area contributed by atoms with Crippen molar-refractivity contribution in [1.29, 1.82) is 0 Å². The lowest BCUT2D eigenvalue weighted by molar-refractivity contribution is -0.286. The van der Waals surface area contributed by atoms with Crippen molar-refractivity contribution in [3.63, 3.8) is 0 Å². The highest BCUT2D eigenvalue weighted by Crippen LogP contribution is 2.65. The highest BCUT2D eigenvalue weighted by molar-refractivity contribution is 5.23. The normalized spacial score (nSPS) is 61.2. The lowest BCUT2D eigenvalue weighted by Crippen LogP contribution is -2.72. The van der Waals surface area contributed by atoms with Crippen LogP contribution in [0.1, 0.15) is 40.5 Å². The summed E-state index contributed by atoms with van der Waals surface area (Å²) in [7, 11) is 0. The first kappa shape index (κ1) is 14.7. The number of hydrogen-bond donors (Lipinski definition) is 4. The van der Waals surface area contributed by atoms with Crippen molar-refractivity contribution in [1.82, 2.24) is 0 Å². The molecule has 1 saturated heterocycles. The van der Waals surface area contributed by atoms with E-state index in [1.807, 2.05) is 20.8 Å². The van der Waals surface area contributed by atoms with Crippen molar-refractivity contribution in [3.8, 4) is 0 Å². The first-order chi connectivity index (χ1) is 9.08. The molecule has 3 rings (SSSR count). The number of fused-ring (bicyclic) bond motifs is 1. The third kappa shape index (κ3) is 1.40. The van der Waals surface area contributed by atoms with Crippen LogP contribution < -0.4 is 0 Å². The van der Waals surface area contributed by atoms with Crippen molar-refractivity contribution in [2.24, 2.45) is 17.3 Å². The Morgan fingerprint density at radius 1 is 1.00 bits per heavy atom. The van der Waals surface area contributed by atoms with E-state index in [0.717, 1.165) is 0 Å². The summed E-state index contributed by atoms with van der Waals surface area (Å²) >= 11 is 0. The van der Waals surface area contributed by atoms with Gasteiger partial charge in [0.1, 0.15) is 0 Å². The zero-order valence-corrected chi connectivity index (χ0v) is 12.6. The summed E-state index contributed by atoms with van der Waals surface area (Å²) in [6, 6.07) is 0. The summed E-state index contributed by atoms with van der Waals surface area (Å²) in [6.07, 6.45) is -2.99. The van der Waals surface area contributed by atoms with E-state index in [-0.39, 0.29) is 11.8 Å². The van der Waals surface area contributed by atoms with E-state index in [1.54, 1.807) is 6.92 Å². The lowest BCUT2D eigenvalue weighted by Gasteiger charge is -2.60. The quantitative estimate of drug-likeness (QED) is 0.505. The topological polar surface area (TPSA) is 90.2 Å². The van der Waals surface area contributed by atoms with Gasteiger partial charge in [-0.1, -0.05) is 13.8 Å². The van der Waals surface area contributed by atoms with Gasteiger partial charge >= 0.3 is 0 Å². The van der Waals surface area contributed by atoms with Gasteiger partial charge in [-0.25, -0.2) is 0 Å². The monoisotopic (exact) mass is 286 g/mol. The van der Waals surface area contributed by atoms with Crippen LogP contribution in [0.2, 0.25) is 0 Å². The molecule has 0 aromatic carbocycles. The molecule has 20 heavy (non-hydrogen) atoms. The largest absolute Gasteiger partial charge is 0.390 e. The molecule has 0 radical (unpaired) electrons. The van der Waals surface area contributed by atoms with Gasteiger partial charge in [0.2, 0.25) is 0 Å². The van der Waals surface area contributed by atoms with Gasteiger partial charge in [-0.15, -0.1) is 0 Å². The molecule has 1 spiro atoms. The van der Waals surface area contributed by atoms with Crippen LogP contribution in [0.4, 0.5) is 0 Å². The van der Waals surface area contributed by atoms with Gasteiger partial charge in [0.25, 0.3) is 0 Å². The molecule has 5 nitrogen and oxygen atoms in total. The first-order valence-electron chi connectivity index (χ1n) is 7.50. The van der Waals surface area contributed by atoms with Crippen molar-refractivity contribution in [2.45, 2.75) is 76.2 Å². The van der Waals surface area contributed by atoms with Gasteiger partial charge in [-0.2, -0.15) is 0 Å². The van der Waals surface area contributed by atoms with E-state index < -0.39 is 41.0 Å². The maximum Gasteiger partial charge on any atom is 0.0909 e. The van der Waals surface area contributed by atoms with Gasteiger partial charge < -0.3 is 25.2 Å². The standard InChI is InChI=1S/C15H26O5/c1-7-5-9(16)11(18)14(4)12(19)10(17)8-6-15(7,14)20-13(8,2)3/h7-12,16-19H,5-6H2,1-4H3/t7-,8+,9-,10-,11+,12+,14?,15+/m0/s1. The number of rotatable bonds is 0. The second kappa shape index (κ2) is 3.96. The second-order valence-corrected chi connectivity index (χ2v) is 7.77. The van der Waals surface area contributed by atoms with E-state index in [9.17, 15) is 20.4 Å². The van der Waals surface area contributed by atoms with Crippen LogP contribution in [0.15, 0.2) is 0 Å². The zero-order valence-electron chi connectivity index (χ0n) is 12.6. The molecule has 1 unspecified atom stereocenters. The molecule has 1 heterocycles. The van der Waals surface area contributed by atoms with E-state index in [1.165, 1.54) is 0 Å². The number of aliphatic hydroxyl groups is 4. The fourth-order valence-corrected chi connectivity index (χ4v) is 5.19. The highest BCUT2D eigenvalue weighted by Gasteiger charge is 2.75. The molecular formula is C15H26O5. The van der Waals surface area contributed by atoms with E-state index in [4.69, 9.17) is 4.74 Å². The first-order valence-corrected chi connectivity index (χ1v) is 7.50. The van der Waals surface area contributed by atoms with Crippen molar-refractivity contribution in [3.05, 3.63) is 0 Å². The summed E-state index contributed by atoms with van der Waals surface area (Å²) in [6.45, 7) is 7.59. The second-order valence-electron chi connectivity index (χ2n) is 7.77. The SMILES string of the molecule is C[C@H]1C[C@H](O)[C@@H](O)C2(C)[C@H](O)[C@@H](O)[C@H]3C[C@@]12OC3(C)C. The minimum Gasteiger partial charge on any atom is -0.390 e. The molecule has 5 heteroatoms. The van der Waals surface area contributed by atoms with Crippen LogP contribution in [0, 0.1) is 17.3 Å². The molecule has 0 amide bonds. The Hall–Kier alpha value is -0.200. The highest BCUT2D eigenvalue weighted by atomic mass is 16.5. The average Bonchev–Trinajstić information content (AvgIpc) is 2.63. The minimum atomic E-state index is -1.10. The average molecular weight is 286 g/mol. The van der Waals surface area contributed by atoms with Crippen LogP contribution >= 0.6 is 0 Å². The van der Waals surface area contributed by atoms with Gasteiger partial charge in [0.05, 0.1) is 41.0 Å². The van der Waals surface area contributed by atoms with Gasteiger partial charge in [0.15, 0.2) is 0 Å². The Bertz CT molecular complexity index is 424. The number of aliphatic hydroxyl groups excluding tert-OH is 4. The molecule has 3 aliphatic rings. The molecule has 0 aromatic heterocycles. The fraction of sp³-hybridized carbons (Fsp3) is 1.00. The smallest absolute Gasteiger partial charge is 0.0909 e. The van der Waals surface area contributed by atoms with Crippen LogP contribution in [-0.4, -0.2) is 56.0 Å².